The molecule has 3 saturated heterocycles. The topological polar surface area (TPSA) is 99.5 Å². The van der Waals surface area contributed by atoms with Gasteiger partial charge in [0, 0.05) is 12.0 Å². The number of carbonyl (C=O) groups is 3. The van der Waals surface area contributed by atoms with Crippen molar-refractivity contribution < 1.29 is 32.3 Å². The number of nitrogens with zero attached hydrogens (tertiary/aromatic N) is 2. The van der Waals surface area contributed by atoms with Crippen LogP contribution in [0.2, 0.25) is 0 Å². The molecule has 3 aliphatic rings. The first-order valence-electron chi connectivity index (χ1n) is 11.0. The lowest BCUT2D eigenvalue weighted by Crippen LogP contribution is -2.56. The molecular weight excluding hydrogens is 463 g/mol. The molecule has 35 heavy (non-hydrogen) atoms. The number of anilines is 1. The van der Waals surface area contributed by atoms with Crippen LogP contribution in [0.5, 0.6) is 0 Å². The summed E-state index contributed by atoms with van der Waals surface area (Å²) >= 11 is 0. The number of nitriles is 1. The second-order valence-electron chi connectivity index (χ2n) is 9.50. The summed E-state index contributed by atoms with van der Waals surface area (Å²) in [6.07, 6.45) is -4.58. The number of amides is 3. The lowest BCUT2D eigenvalue weighted by molar-refractivity contribution is -0.138. The summed E-state index contributed by atoms with van der Waals surface area (Å²) < 4.78 is 46.7. The zero-order valence-corrected chi connectivity index (χ0v) is 18.7. The van der Waals surface area contributed by atoms with E-state index in [2.05, 4.69) is 5.32 Å². The van der Waals surface area contributed by atoms with Crippen molar-refractivity contribution in [2.24, 2.45) is 11.8 Å². The second kappa shape index (κ2) is 7.39. The predicted octanol–water partition coefficient (Wildman–Crippen LogP) is 3.43. The minimum atomic E-state index is -4.84. The largest absolute Gasteiger partial charge is 0.417 e. The number of nitrogens with one attached hydrogen (secondary N) is 1. The number of imide groups is 1. The third-order valence-corrected chi connectivity index (χ3v) is 7.36. The van der Waals surface area contributed by atoms with Gasteiger partial charge in [0.1, 0.15) is 0 Å². The summed E-state index contributed by atoms with van der Waals surface area (Å²) in [5, 5.41) is 12.0. The number of rotatable bonds is 3. The minimum Gasteiger partial charge on any atom is -0.365 e. The van der Waals surface area contributed by atoms with Crippen molar-refractivity contribution in [2.45, 2.75) is 43.7 Å². The van der Waals surface area contributed by atoms with Crippen molar-refractivity contribution in [1.82, 2.24) is 5.32 Å². The highest BCUT2D eigenvalue weighted by atomic mass is 19.4. The van der Waals surface area contributed by atoms with Gasteiger partial charge in [0.2, 0.25) is 11.8 Å². The van der Waals surface area contributed by atoms with Crippen LogP contribution in [0.1, 0.15) is 41.8 Å². The first kappa shape index (κ1) is 23.1. The maximum atomic E-state index is 13.5. The average molecular weight is 483 g/mol. The molecule has 5 rings (SSSR count). The third-order valence-electron chi connectivity index (χ3n) is 7.36. The van der Waals surface area contributed by atoms with Crippen molar-refractivity contribution in [2.75, 3.05) is 4.90 Å². The van der Waals surface area contributed by atoms with Gasteiger partial charge in [0.05, 0.1) is 52.0 Å². The molecule has 0 radical (unpaired) electrons. The van der Waals surface area contributed by atoms with E-state index in [-0.39, 0.29) is 18.0 Å². The first-order chi connectivity index (χ1) is 16.4. The molecule has 3 heterocycles. The highest BCUT2D eigenvalue weighted by Crippen LogP contribution is 2.61. The minimum absolute atomic E-state index is 0.253. The summed E-state index contributed by atoms with van der Waals surface area (Å²) in [4.78, 5) is 40.4. The Bertz CT molecular complexity index is 1310. The normalized spacial score (nSPS) is 31.4. The molecular formula is C25H20F3N3O4. The van der Waals surface area contributed by atoms with E-state index in [1.54, 1.807) is 44.2 Å². The van der Waals surface area contributed by atoms with E-state index < -0.39 is 58.2 Å². The van der Waals surface area contributed by atoms with E-state index in [0.29, 0.717) is 11.6 Å². The first-order valence-corrected chi connectivity index (χ1v) is 11.0. The van der Waals surface area contributed by atoms with E-state index in [4.69, 9.17) is 10.00 Å². The monoisotopic (exact) mass is 483 g/mol. The maximum Gasteiger partial charge on any atom is 0.417 e. The number of benzene rings is 2. The predicted molar refractivity (Wildman–Crippen MR) is 116 cm³/mol. The number of fused-ring (bicyclic) bond motifs is 5. The summed E-state index contributed by atoms with van der Waals surface area (Å²) in [5.41, 5.74) is -3.98. The van der Waals surface area contributed by atoms with Gasteiger partial charge in [-0.25, -0.2) is 4.90 Å². The van der Waals surface area contributed by atoms with Gasteiger partial charge in [-0.15, -0.1) is 0 Å². The summed E-state index contributed by atoms with van der Waals surface area (Å²) in [5.74, 6) is -3.60. The number of halogens is 3. The van der Waals surface area contributed by atoms with Gasteiger partial charge in [0.15, 0.2) is 0 Å². The Kier molecular flexibility index (Phi) is 4.87. The van der Waals surface area contributed by atoms with Crippen molar-refractivity contribution in [3.63, 3.8) is 0 Å². The molecule has 3 aliphatic heterocycles. The zero-order chi connectivity index (χ0) is 25.3. The van der Waals surface area contributed by atoms with E-state index in [1.807, 2.05) is 0 Å². The fourth-order valence-electron chi connectivity index (χ4n) is 5.84. The summed E-state index contributed by atoms with van der Waals surface area (Å²) in [6, 6.07) is 12.1. The molecule has 3 fully saturated rings. The van der Waals surface area contributed by atoms with E-state index >= 15 is 0 Å². The van der Waals surface area contributed by atoms with Gasteiger partial charge in [-0.2, -0.15) is 18.4 Å². The molecule has 7 nitrogen and oxygen atoms in total. The summed E-state index contributed by atoms with van der Waals surface area (Å²) in [7, 11) is 0. The van der Waals surface area contributed by atoms with Crippen LogP contribution in [0.4, 0.5) is 18.9 Å². The van der Waals surface area contributed by atoms with Gasteiger partial charge >= 0.3 is 6.18 Å². The maximum absolute atomic E-state index is 13.5. The van der Waals surface area contributed by atoms with Crippen LogP contribution in [-0.4, -0.2) is 35.0 Å². The van der Waals surface area contributed by atoms with Crippen molar-refractivity contribution in [3.8, 4) is 6.07 Å². The summed E-state index contributed by atoms with van der Waals surface area (Å²) in [6.45, 7) is 3.33. The van der Waals surface area contributed by atoms with Crippen LogP contribution in [0, 0.1) is 23.2 Å². The van der Waals surface area contributed by atoms with Crippen molar-refractivity contribution in [1.29, 1.82) is 5.26 Å². The van der Waals surface area contributed by atoms with Gasteiger partial charge < -0.3 is 10.1 Å². The molecule has 10 heteroatoms. The Hall–Kier alpha value is -3.71. The number of ether oxygens (including phenoxy) is 1. The van der Waals surface area contributed by atoms with Crippen LogP contribution >= 0.6 is 0 Å². The zero-order valence-electron chi connectivity index (χ0n) is 18.7. The Labute approximate surface area is 198 Å². The SMILES string of the molecule is C[C@]12O[C@](C)(CC1NC(=O)c1ccccc1)C1C(=O)N(c3ccc(C#N)c(C(F)(F)F)c3)C(=O)C12. The van der Waals surface area contributed by atoms with Crippen LogP contribution in [-0.2, 0) is 20.5 Å². The van der Waals surface area contributed by atoms with Crippen LogP contribution in [0.15, 0.2) is 48.5 Å². The Balaban J connectivity index is 1.49. The molecule has 2 bridgehead atoms. The van der Waals surface area contributed by atoms with Gasteiger partial charge in [-0.05, 0) is 44.2 Å². The standard InChI is InChI=1S/C25H20F3N3O4/c1-23-11-17(30-20(32)13-6-4-3-5-7-13)24(2,35-23)19-18(23)21(33)31(22(19)34)15-9-8-14(12-29)16(10-15)25(26,27)28/h3-10,17-19H,11H2,1-2H3,(H,30,32)/t17?,18?,19?,23-,24+/m1/s1. The average Bonchev–Trinajstić information content (AvgIpc) is 3.33. The third kappa shape index (κ3) is 3.26. The molecule has 0 saturated carbocycles. The molecule has 5 atom stereocenters. The van der Waals surface area contributed by atoms with Gasteiger partial charge in [-0.3, -0.25) is 14.4 Å². The van der Waals surface area contributed by atoms with E-state index in [9.17, 15) is 27.6 Å². The van der Waals surface area contributed by atoms with Crippen molar-refractivity contribution >= 4 is 23.4 Å². The second-order valence-corrected chi connectivity index (χ2v) is 9.50. The molecule has 1 N–H and O–H groups in total. The Morgan fingerprint density at radius 2 is 1.77 bits per heavy atom. The highest BCUT2D eigenvalue weighted by molar-refractivity contribution is 6.23. The number of alkyl halides is 3. The Morgan fingerprint density at radius 3 is 2.40 bits per heavy atom. The lowest BCUT2D eigenvalue weighted by atomic mass is 9.66. The van der Waals surface area contributed by atoms with Crippen LogP contribution in [0.25, 0.3) is 0 Å². The highest BCUT2D eigenvalue weighted by Gasteiger charge is 2.76. The number of hydrogen-bond acceptors (Lipinski definition) is 5. The number of hydrogen-bond donors (Lipinski definition) is 1. The van der Waals surface area contributed by atoms with Gasteiger partial charge in [-0.1, -0.05) is 18.2 Å². The molecule has 2 aromatic carbocycles. The smallest absolute Gasteiger partial charge is 0.365 e. The molecule has 180 valence electrons. The fourth-order valence-corrected chi connectivity index (χ4v) is 5.84. The van der Waals surface area contributed by atoms with Crippen LogP contribution in [0.3, 0.4) is 0 Å². The van der Waals surface area contributed by atoms with Crippen LogP contribution < -0.4 is 10.2 Å². The van der Waals surface area contributed by atoms with Gasteiger partial charge in [0.25, 0.3) is 5.91 Å². The van der Waals surface area contributed by atoms with Crippen molar-refractivity contribution in [3.05, 3.63) is 65.2 Å². The molecule has 0 spiro atoms. The van der Waals surface area contributed by atoms with E-state index in [0.717, 1.165) is 17.0 Å². The molecule has 3 amide bonds. The quantitative estimate of drug-likeness (QED) is 0.675. The number of carbonyl (C=O) groups excluding carboxylic acids is 3. The molecule has 2 aromatic rings. The molecule has 3 unspecified atom stereocenters. The molecule has 0 aliphatic carbocycles. The Morgan fingerprint density at radius 1 is 1.11 bits per heavy atom. The lowest BCUT2D eigenvalue weighted by Gasteiger charge is -2.35. The fraction of sp³-hybridized carbons (Fsp3) is 0.360. The molecule has 0 aromatic heterocycles. The van der Waals surface area contributed by atoms with E-state index in [1.165, 1.54) is 6.07 Å².